The zero-order valence-electron chi connectivity index (χ0n) is 9.34. The summed E-state index contributed by atoms with van der Waals surface area (Å²) in [6.07, 6.45) is 5.47. The summed E-state index contributed by atoms with van der Waals surface area (Å²) in [5, 5.41) is 0. The number of ether oxygens (including phenoxy) is 1. The normalized spacial score (nSPS) is 10.2. The minimum Gasteiger partial charge on any atom is -0.463 e. The molecule has 5 heteroatoms. The summed E-state index contributed by atoms with van der Waals surface area (Å²) in [4.78, 5) is 15.3. The number of carbonyl (C=O) groups is 1. The molecule has 2 N–H and O–H groups in total. The molecule has 0 spiro atoms. The Kier molecular flexibility index (Phi) is 3.09. The van der Waals surface area contributed by atoms with Gasteiger partial charge in [0.05, 0.1) is 19.1 Å². The molecule has 0 atom stereocenters. The molecule has 0 aliphatic rings. The number of nitrogen functional groups attached to an aromatic ring is 1. The predicted octanol–water partition coefficient (Wildman–Crippen LogP) is 1.63. The minimum absolute atomic E-state index is 0.0476. The fourth-order valence-corrected chi connectivity index (χ4v) is 1.51. The third kappa shape index (κ3) is 2.28. The predicted molar refractivity (Wildman–Crippen MR) is 61.5 cm³/mol. The van der Waals surface area contributed by atoms with Gasteiger partial charge in [-0.3, -0.25) is 4.98 Å². The summed E-state index contributed by atoms with van der Waals surface area (Å²) < 4.78 is 9.66. The van der Waals surface area contributed by atoms with Gasteiger partial charge in [0.15, 0.2) is 0 Å². The van der Waals surface area contributed by atoms with Crippen LogP contribution in [0.1, 0.15) is 21.7 Å². The van der Waals surface area contributed by atoms with E-state index in [0.717, 1.165) is 11.1 Å². The smallest absolute Gasteiger partial charge is 0.376 e. The van der Waals surface area contributed by atoms with Crippen LogP contribution >= 0.6 is 0 Å². The SMILES string of the molecule is COC(=O)c1occ(Cc2cccnc2)c1N. The maximum Gasteiger partial charge on any atom is 0.376 e. The molecule has 0 amide bonds. The van der Waals surface area contributed by atoms with Crippen molar-refractivity contribution in [2.24, 2.45) is 0 Å². The first-order valence-corrected chi connectivity index (χ1v) is 5.05. The Hall–Kier alpha value is -2.30. The average Bonchev–Trinajstić information content (AvgIpc) is 2.72. The lowest BCUT2D eigenvalue weighted by molar-refractivity contribution is 0.0566. The van der Waals surface area contributed by atoms with Crippen LogP contribution < -0.4 is 5.73 Å². The number of furan rings is 1. The molecule has 0 aromatic carbocycles. The van der Waals surface area contributed by atoms with Crippen LogP contribution in [0.3, 0.4) is 0 Å². The first-order valence-electron chi connectivity index (χ1n) is 5.05. The van der Waals surface area contributed by atoms with Gasteiger partial charge in [-0.05, 0) is 11.6 Å². The van der Waals surface area contributed by atoms with Crippen LogP contribution in [-0.2, 0) is 11.2 Å². The van der Waals surface area contributed by atoms with Gasteiger partial charge in [0.2, 0.25) is 5.76 Å². The van der Waals surface area contributed by atoms with Crippen molar-refractivity contribution in [2.75, 3.05) is 12.8 Å². The minimum atomic E-state index is -0.570. The Morgan fingerprint density at radius 3 is 3.06 bits per heavy atom. The number of anilines is 1. The van der Waals surface area contributed by atoms with Gasteiger partial charge in [-0.1, -0.05) is 6.07 Å². The average molecular weight is 232 g/mol. The number of hydrogen-bond donors (Lipinski definition) is 1. The molecule has 2 aromatic heterocycles. The van der Waals surface area contributed by atoms with Crippen LogP contribution in [0, 0.1) is 0 Å². The number of esters is 1. The van der Waals surface area contributed by atoms with Crippen LogP contribution in [0.2, 0.25) is 0 Å². The highest BCUT2D eigenvalue weighted by Crippen LogP contribution is 2.23. The number of methoxy groups -OCH3 is 1. The van der Waals surface area contributed by atoms with Gasteiger partial charge in [0, 0.05) is 24.4 Å². The van der Waals surface area contributed by atoms with E-state index in [-0.39, 0.29) is 5.76 Å². The van der Waals surface area contributed by atoms with Crippen molar-refractivity contribution >= 4 is 11.7 Å². The fourth-order valence-electron chi connectivity index (χ4n) is 1.51. The van der Waals surface area contributed by atoms with Gasteiger partial charge in [-0.15, -0.1) is 0 Å². The number of carbonyl (C=O) groups excluding carboxylic acids is 1. The van der Waals surface area contributed by atoms with Gasteiger partial charge < -0.3 is 14.9 Å². The molecule has 0 aliphatic carbocycles. The third-order valence-corrected chi connectivity index (χ3v) is 2.40. The molecule has 88 valence electrons. The second-order valence-electron chi connectivity index (χ2n) is 3.53. The highest BCUT2D eigenvalue weighted by molar-refractivity contribution is 5.92. The van der Waals surface area contributed by atoms with Crippen LogP contribution in [0.15, 0.2) is 35.2 Å². The molecule has 0 fully saturated rings. The van der Waals surface area contributed by atoms with Crippen LogP contribution in [-0.4, -0.2) is 18.1 Å². The number of hydrogen-bond acceptors (Lipinski definition) is 5. The number of nitrogens with two attached hydrogens (primary N) is 1. The van der Waals surface area contributed by atoms with Gasteiger partial charge in [0.1, 0.15) is 0 Å². The Morgan fingerprint density at radius 2 is 2.41 bits per heavy atom. The number of pyridine rings is 1. The van der Waals surface area contributed by atoms with Crippen molar-refractivity contribution in [3.63, 3.8) is 0 Å². The molecule has 0 saturated carbocycles. The van der Waals surface area contributed by atoms with Gasteiger partial charge >= 0.3 is 5.97 Å². The zero-order chi connectivity index (χ0) is 12.3. The molecule has 2 heterocycles. The van der Waals surface area contributed by atoms with Crippen molar-refractivity contribution in [2.45, 2.75) is 6.42 Å². The van der Waals surface area contributed by atoms with Crippen molar-refractivity contribution in [1.29, 1.82) is 0 Å². The van der Waals surface area contributed by atoms with Crippen molar-refractivity contribution in [1.82, 2.24) is 4.98 Å². The second kappa shape index (κ2) is 4.69. The summed E-state index contributed by atoms with van der Waals surface area (Å²) >= 11 is 0. The number of nitrogens with zero attached hydrogens (tertiary/aromatic N) is 1. The molecular weight excluding hydrogens is 220 g/mol. The van der Waals surface area contributed by atoms with E-state index in [2.05, 4.69) is 9.72 Å². The fraction of sp³-hybridized carbons (Fsp3) is 0.167. The lowest BCUT2D eigenvalue weighted by atomic mass is 10.1. The van der Waals surface area contributed by atoms with E-state index in [1.54, 1.807) is 12.4 Å². The number of rotatable bonds is 3. The quantitative estimate of drug-likeness (QED) is 0.814. The van der Waals surface area contributed by atoms with Crippen LogP contribution in [0.5, 0.6) is 0 Å². The third-order valence-electron chi connectivity index (χ3n) is 2.40. The second-order valence-corrected chi connectivity index (χ2v) is 3.53. The molecule has 17 heavy (non-hydrogen) atoms. The first-order chi connectivity index (χ1) is 8.22. The van der Waals surface area contributed by atoms with E-state index in [4.69, 9.17) is 10.2 Å². The maximum atomic E-state index is 11.3. The largest absolute Gasteiger partial charge is 0.463 e. The summed E-state index contributed by atoms with van der Waals surface area (Å²) in [5.74, 6) is -0.522. The summed E-state index contributed by atoms with van der Waals surface area (Å²) in [7, 11) is 1.28. The molecule has 0 aliphatic heterocycles. The van der Waals surface area contributed by atoms with E-state index in [9.17, 15) is 4.79 Å². The maximum absolute atomic E-state index is 11.3. The highest BCUT2D eigenvalue weighted by atomic mass is 16.5. The monoisotopic (exact) mass is 232 g/mol. The van der Waals surface area contributed by atoms with E-state index >= 15 is 0 Å². The van der Waals surface area contributed by atoms with Crippen molar-refractivity contribution in [3.05, 3.63) is 47.7 Å². The Bertz CT molecular complexity index is 520. The molecule has 0 saturated heterocycles. The van der Waals surface area contributed by atoms with Crippen LogP contribution in [0.25, 0.3) is 0 Å². The molecule has 2 rings (SSSR count). The lowest BCUT2D eigenvalue weighted by Crippen LogP contribution is -2.04. The molecule has 0 radical (unpaired) electrons. The topological polar surface area (TPSA) is 78.3 Å². The standard InChI is InChI=1S/C12H12N2O3/c1-16-12(15)11-10(13)9(7-17-11)5-8-3-2-4-14-6-8/h2-4,6-7H,5,13H2,1H3. The van der Waals surface area contributed by atoms with Crippen LogP contribution in [0.4, 0.5) is 5.69 Å². The molecule has 0 bridgehead atoms. The molecule has 2 aromatic rings. The Morgan fingerprint density at radius 1 is 1.59 bits per heavy atom. The van der Waals surface area contributed by atoms with Gasteiger partial charge in [0.25, 0.3) is 0 Å². The Labute approximate surface area is 98.2 Å². The molecule has 0 unspecified atom stereocenters. The summed E-state index contributed by atoms with van der Waals surface area (Å²) in [5.41, 5.74) is 7.88. The van der Waals surface area contributed by atoms with E-state index < -0.39 is 5.97 Å². The van der Waals surface area contributed by atoms with E-state index in [1.807, 2.05) is 12.1 Å². The molecular formula is C12H12N2O3. The van der Waals surface area contributed by atoms with Gasteiger partial charge in [-0.2, -0.15) is 0 Å². The van der Waals surface area contributed by atoms with Crippen molar-refractivity contribution in [3.8, 4) is 0 Å². The van der Waals surface area contributed by atoms with Crippen molar-refractivity contribution < 1.29 is 13.9 Å². The summed E-state index contributed by atoms with van der Waals surface area (Å²) in [6, 6.07) is 3.77. The highest BCUT2D eigenvalue weighted by Gasteiger charge is 2.18. The summed E-state index contributed by atoms with van der Waals surface area (Å²) in [6.45, 7) is 0. The lowest BCUT2D eigenvalue weighted by Gasteiger charge is -1.99. The number of aromatic nitrogens is 1. The van der Waals surface area contributed by atoms with E-state index in [0.29, 0.717) is 12.1 Å². The first kappa shape index (κ1) is 11.2. The van der Waals surface area contributed by atoms with E-state index in [1.165, 1.54) is 13.4 Å². The molecule has 5 nitrogen and oxygen atoms in total. The Balaban J connectivity index is 2.24. The zero-order valence-corrected chi connectivity index (χ0v) is 9.34. The van der Waals surface area contributed by atoms with Gasteiger partial charge in [-0.25, -0.2) is 4.79 Å².